The normalized spacial score (nSPS) is 20.8. The van der Waals surface area contributed by atoms with Crippen molar-refractivity contribution in [1.82, 2.24) is 14.7 Å². The second-order valence-electron chi connectivity index (χ2n) is 9.35. The molecule has 2 fully saturated rings. The Bertz CT molecular complexity index is 871. The van der Waals surface area contributed by atoms with E-state index >= 15 is 0 Å². The van der Waals surface area contributed by atoms with Gasteiger partial charge in [0, 0.05) is 51.8 Å². The Morgan fingerprint density at radius 2 is 1.85 bits per heavy atom. The predicted molar refractivity (Wildman–Crippen MR) is 130 cm³/mol. The van der Waals surface area contributed by atoms with E-state index in [1.54, 1.807) is 34.1 Å². The molecule has 0 aromatic heterocycles. The van der Waals surface area contributed by atoms with Crippen LogP contribution >= 0.6 is 23.2 Å². The first kappa shape index (κ1) is 26.0. The van der Waals surface area contributed by atoms with Gasteiger partial charge in [0.2, 0.25) is 11.8 Å². The van der Waals surface area contributed by atoms with Gasteiger partial charge in [-0.3, -0.25) is 9.59 Å². The van der Waals surface area contributed by atoms with E-state index in [1.165, 1.54) is 6.08 Å². The Labute approximate surface area is 205 Å². The van der Waals surface area contributed by atoms with Crippen LogP contribution in [0.2, 0.25) is 10.0 Å². The second-order valence-corrected chi connectivity index (χ2v) is 10.2. The van der Waals surface area contributed by atoms with Crippen molar-refractivity contribution < 1.29 is 19.8 Å². The van der Waals surface area contributed by atoms with Gasteiger partial charge in [-0.25, -0.2) is 0 Å². The number of hydrogen-bond donors (Lipinski definition) is 2. The zero-order valence-corrected chi connectivity index (χ0v) is 20.6. The van der Waals surface area contributed by atoms with Gasteiger partial charge in [-0.05, 0) is 55.1 Å². The van der Waals surface area contributed by atoms with E-state index in [-0.39, 0.29) is 36.8 Å². The third-order valence-corrected chi connectivity index (χ3v) is 7.35. The molecule has 2 saturated heterocycles. The lowest BCUT2D eigenvalue weighted by molar-refractivity contribution is -0.132. The van der Waals surface area contributed by atoms with Crippen LogP contribution in [0.25, 0.3) is 6.08 Å². The van der Waals surface area contributed by atoms with Crippen molar-refractivity contribution in [2.45, 2.75) is 32.3 Å². The molecule has 2 amide bonds. The molecular formula is C24H33Cl2N3O4. The maximum absolute atomic E-state index is 12.6. The van der Waals surface area contributed by atoms with E-state index in [9.17, 15) is 19.8 Å². The number of benzene rings is 1. The Morgan fingerprint density at radius 1 is 1.12 bits per heavy atom. The lowest BCUT2D eigenvalue weighted by Crippen LogP contribution is -2.47. The van der Waals surface area contributed by atoms with E-state index in [0.29, 0.717) is 36.2 Å². The summed E-state index contributed by atoms with van der Waals surface area (Å²) in [6.45, 7) is 5.85. The van der Waals surface area contributed by atoms with Crippen LogP contribution in [0.5, 0.6) is 0 Å². The highest BCUT2D eigenvalue weighted by atomic mass is 35.5. The summed E-state index contributed by atoms with van der Waals surface area (Å²) >= 11 is 11.9. The number of piperidine rings is 1. The highest BCUT2D eigenvalue weighted by molar-refractivity contribution is 6.42. The molecule has 7 nitrogen and oxygen atoms in total. The summed E-state index contributed by atoms with van der Waals surface area (Å²) in [7, 11) is 0. The molecule has 0 spiro atoms. The van der Waals surface area contributed by atoms with Crippen LogP contribution in [0.1, 0.15) is 31.7 Å². The number of aliphatic hydroxyl groups excluding tert-OH is 2. The Kier molecular flexibility index (Phi) is 9.18. The van der Waals surface area contributed by atoms with Crippen molar-refractivity contribution in [2.24, 2.45) is 5.41 Å². The van der Waals surface area contributed by atoms with Gasteiger partial charge in [-0.15, -0.1) is 0 Å². The SMILES string of the molecule is CC1(CO)CCN(CC(O)CN2CCN(C(=O)C=Cc3ccc(Cl)c(Cl)c3)CCC2=O)CC1. The van der Waals surface area contributed by atoms with Gasteiger partial charge in [-0.1, -0.05) is 36.2 Å². The number of hydrogen-bond acceptors (Lipinski definition) is 5. The number of rotatable bonds is 7. The van der Waals surface area contributed by atoms with Gasteiger partial charge in [-0.2, -0.15) is 0 Å². The van der Waals surface area contributed by atoms with E-state index < -0.39 is 6.10 Å². The van der Waals surface area contributed by atoms with Crippen molar-refractivity contribution in [3.8, 4) is 0 Å². The average molecular weight is 498 g/mol. The number of halogens is 2. The van der Waals surface area contributed by atoms with Gasteiger partial charge in [0.15, 0.2) is 0 Å². The fourth-order valence-electron chi connectivity index (χ4n) is 4.21. The van der Waals surface area contributed by atoms with Gasteiger partial charge in [0.05, 0.1) is 16.1 Å². The first-order valence-corrected chi connectivity index (χ1v) is 12.2. The lowest BCUT2D eigenvalue weighted by atomic mass is 9.81. The first-order chi connectivity index (χ1) is 15.7. The second kappa shape index (κ2) is 11.7. The monoisotopic (exact) mass is 497 g/mol. The van der Waals surface area contributed by atoms with Crippen LogP contribution in [0.3, 0.4) is 0 Å². The molecule has 1 unspecified atom stereocenters. The van der Waals surface area contributed by atoms with Crippen LogP contribution in [0.4, 0.5) is 0 Å². The van der Waals surface area contributed by atoms with Crippen LogP contribution in [0, 0.1) is 5.41 Å². The van der Waals surface area contributed by atoms with E-state index in [1.807, 2.05) is 0 Å². The lowest BCUT2D eigenvalue weighted by Gasteiger charge is -2.39. The fraction of sp³-hybridized carbons (Fsp3) is 0.583. The summed E-state index contributed by atoms with van der Waals surface area (Å²) in [6, 6.07) is 5.14. The number of likely N-dealkylation sites (tertiary alicyclic amines) is 1. The maximum Gasteiger partial charge on any atom is 0.246 e. The van der Waals surface area contributed by atoms with Crippen molar-refractivity contribution >= 4 is 41.1 Å². The molecule has 182 valence electrons. The van der Waals surface area contributed by atoms with Crippen molar-refractivity contribution in [1.29, 1.82) is 0 Å². The summed E-state index contributed by atoms with van der Waals surface area (Å²) in [5, 5.41) is 21.0. The smallest absolute Gasteiger partial charge is 0.246 e. The first-order valence-electron chi connectivity index (χ1n) is 11.4. The fourth-order valence-corrected chi connectivity index (χ4v) is 4.52. The number of β-amino-alcohol motifs (C(OH)–C–C–N with tert-alkyl or cyclic N) is 1. The van der Waals surface area contributed by atoms with Gasteiger partial charge in [0.1, 0.15) is 0 Å². The maximum atomic E-state index is 12.6. The highest BCUT2D eigenvalue weighted by Gasteiger charge is 2.31. The molecule has 2 aliphatic rings. The Hall–Kier alpha value is -1.64. The minimum absolute atomic E-state index is 0.0352. The molecule has 1 aromatic carbocycles. The zero-order chi connectivity index (χ0) is 24.0. The summed E-state index contributed by atoms with van der Waals surface area (Å²) in [4.78, 5) is 30.7. The molecule has 1 atom stereocenters. The average Bonchev–Trinajstić information content (AvgIpc) is 2.98. The third kappa shape index (κ3) is 7.42. The number of carbonyl (C=O) groups excluding carboxylic acids is 2. The number of amides is 2. The number of carbonyl (C=O) groups is 2. The number of aliphatic hydroxyl groups is 2. The van der Waals surface area contributed by atoms with Gasteiger partial charge >= 0.3 is 0 Å². The van der Waals surface area contributed by atoms with Crippen LogP contribution in [-0.2, 0) is 9.59 Å². The van der Waals surface area contributed by atoms with Crippen molar-refractivity contribution in [3.05, 3.63) is 39.9 Å². The molecular weight excluding hydrogens is 465 g/mol. The molecule has 0 radical (unpaired) electrons. The molecule has 0 aliphatic carbocycles. The third-order valence-electron chi connectivity index (χ3n) is 6.61. The molecule has 3 rings (SSSR count). The molecule has 2 heterocycles. The molecule has 0 bridgehead atoms. The molecule has 2 aliphatic heterocycles. The molecule has 2 N–H and O–H groups in total. The van der Waals surface area contributed by atoms with Crippen LogP contribution in [0.15, 0.2) is 24.3 Å². The van der Waals surface area contributed by atoms with Gasteiger partial charge < -0.3 is 24.9 Å². The van der Waals surface area contributed by atoms with Crippen molar-refractivity contribution in [2.75, 3.05) is 52.4 Å². The van der Waals surface area contributed by atoms with Crippen molar-refractivity contribution in [3.63, 3.8) is 0 Å². The molecule has 33 heavy (non-hydrogen) atoms. The van der Waals surface area contributed by atoms with E-state index in [0.717, 1.165) is 31.5 Å². The molecule has 1 aromatic rings. The largest absolute Gasteiger partial charge is 0.396 e. The zero-order valence-electron chi connectivity index (χ0n) is 19.1. The van der Waals surface area contributed by atoms with E-state index in [2.05, 4.69) is 11.8 Å². The quantitative estimate of drug-likeness (QED) is 0.565. The Balaban J connectivity index is 1.48. The topological polar surface area (TPSA) is 84.3 Å². The van der Waals surface area contributed by atoms with Gasteiger partial charge in [0.25, 0.3) is 0 Å². The minimum atomic E-state index is -0.649. The minimum Gasteiger partial charge on any atom is -0.396 e. The molecule has 9 heteroatoms. The summed E-state index contributed by atoms with van der Waals surface area (Å²) < 4.78 is 0. The summed E-state index contributed by atoms with van der Waals surface area (Å²) in [5.41, 5.74) is 0.734. The standard InChI is InChI=1S/C24H33Cl2N3O4/c1-24(17-30)7-10-27(11-8-24)15-19(31)16-29-13-12-28(9-6-23(29)33)22(32)5-3-18-2-4-20(25)21(26)14-18/h2-5,14,19,30-31H,6-13,15-17H2,1H3. The highest BCUT2D eigenvalue weighted by Crippen LogP contribution is 2.30. The summed E-state index contributed by atoms with van der Waals surface area (Å²) in [6.07, 6.45) is 4.53. The predicted octanol–water partition coefficient (Wildman–Crippen LogP) is 2.52. The van der Waals surface area contributed by atoms with Crippen LogP contribution < -0.4 is 0 Å². The van der Waals surface area contributed by atoms with E-state index in [4.69, 9.17) is 23.2 Å². The Morgan fingerprint density at radius 3 is 2.52 bits per heavy atom. The number of nitrogens with zero attached hydrogens (tertiary/aromatic N) is 3. The summed E-state index contributed by atoms with van der Waals surface area (Å²) in [5.74, 6) is -0.221. The van der Waals surface area contributed by atoms with Crippen LogP contribution in [-0.4, -0.2) is 95.3 Å². The molecule has 0 saturated carbocycles.